The van der Waals surface area contributed by atoms with E-state index in [0.717, 1.165) is 11.3 Å². The average Bonchev–Trinajstić information content (AvgIpc) is 3.29. The van der Waals surface area contributed by atoms with Crippen LogP contribution < -0.4 is 19.5 Å². The summed E-state index contributed by atoms with van der Waals surface area (Å²) in [5.41, 5.74) is 1.38. The predicted molar refractivity (Wildman–Crippen MR) is 121 cm³/mol. The van der Waals surface area contributed by atoms with Crippen LogP contribution in [0.4, 0.5) is 5.13 Å². The highest BCUT2D eigenvalue weighted by molar-refractivity contribution is 7.14. The van der Waals surface area contributed by atoms with Crippen molar-refractivity contribution in [1.29, 1.82) is 0 Å². The molecule has 3 rings (SSSR count). The molecule has 0 aliphatic carbocycles. The summed E-state index contributed by atoms with van der Waals surface area (Å²) in [5.74, 6) is 1.13. The average molecular weight is 457 g/mol. The lowest BCUT2D eigenvalue weighted by Crippen LogP contribution is -2.21. The van der Waals surface area contributed by atoms with Crippen molar-refractivity contribution in [1.82, 2.24) is 4.98 Å². The third-order valence-electron chi connectivity index (χ3n) is 4.33. The number of hydrogen-bond donors (Lipinski definition) is 1. The van der Waals surface area contributed by atoms with E-state index in [0.29, 0.717) is 35.4 Å². The van der Waals surface area contributed by atoms with Crippen LogP contribution in [0.15, 0.2) is 53.9 Å². The van der Waals surface area contributed by atoms with E-state index in [4.69, 9.17) is 18.9 Å². The molecule has 0 aliphatic heterocycles. The molecular formula is C23H24N2O6S. The summed E-state index contributed by atoms with van der Waals surface area (Å²) in [5, 5.41) is 4.82. The molecule has 32 heavy (non-hydrogen) atoms. The molecule has 0 unspecified atom stereocenters. The number of hydrogen-bond acceptors (Lipinski definition) is 8. The van der Waals surface area contributed by atoms with Gasteiger partial charge < -0.3 is 18.9 Å². The molecule has 1 aromatic heterocycles. The molecule has 0 fully saturated rings. The third kappa shape index (κ3) is 6.71. The molecule has 8 nitrogen and oxygen atoms in total. The number of thiazole rings is 1. The number of rotatable bonds is 11. The summed E-state index contributed by atoms with van der Waals surface area (Å²) in [6.45, 7) is 0.0106. The third-order valence-corrected chi connectivity index (χ3v) is 5.09. The number of esters is 1. The number of methoxy groups -OCH3 is 2. The maximum atomic E-state index is 12.1. The zero-order valence-electron chi connectivity index (χ0n) is 17.8. The van der Waals surface area contributed by atoms with Gasteiger partial charge in [0.25, 0.3) is 5.91 Å². The van der Waals surface area contributed by atoms with E-state index in [-0.39, 0.29) is 13.0 Å². The lowest BCUT2D eigenvalue weighted by atomic mass is 10.1. The number of carbonyl (C=O) groups is 2. The van der Waals surface area contributed by atoms with Crippen LogP contribution in [0.25, 0.3) is 11.3 Å². The van der Waals surface area contributed by atoms with E-state index in [9.17, 15) is 9.59 Å². The summed E-state index contributed by atoms with van der Waals surface area (Å²) in [6, 6.07) is 14.7. The van der Waals surface area contributed by atoms with Crippen LogP contribution in [0.2, 0.25) is 0 Å². The second-order valence-electron chi connectivity index (χ2n) is 6.58. The molecule has 0 bridgehead atoms. The predicted octanol–water partition coefficient (Wildman–Crippen LogP) is 4.17. The number of nitrogens with one attached hydrogen (secondary N) is 1. The van der Waals surface area contributed by atoms with E-state index in [1.54, 1.807) is 31.7 Å². The molecule has 0 saturated heterocycles. The van der Waals surface area contributed by atoms with Crippen LogP contribution in [-0.2, 0) is 14.3 Å². The Labute approximate surface area is 190 Å². The van der Waals surface area contributed by atoms with Crippen molar-refractivity contribution < 1.29 is 28.5 Å². The molecule has 0 atom stereocenters. The van der Waals surface area contributed by atoms with E-state index in [2.05, 4.69) is 10.3 Å². The summed E-state index contributed by atoms with van der Waals surface area (Å²) in [4.78, 5) is 28.4. The van der Waals surface area contributed by atoms with Gasteiger partial charge in [0, 0.05) is 17.4 Å². The summed E-state index contributed by atoms with van der Waals surface area (Å²) >= 11 is 1.26. The Morgan fingerprint density at radius 2 is 1.84 bits per heavy atom. The summed E-state index contributed by atoms with van der Waals surface area (Å²) in [7, 11) is 3.15. The van der Waals surface area contributed by atoms with Crippen molar-refractivity contribution in [2.75, 3.05) is 32.8 Å². The van der Waals surface area contributed by atoms with Gasteiger partial charge in [-0.15, -0.1) is 11.3 Å². The van der Waals surface area contributed by atoms with Gasteiger partial charge in [-0.3, -0.25) is 14.9 Å². The molecule has 0 spiro atoms. The van der Waals surface area contributed by atoms with Crippen molar-refractivity contribution in [2.24, 2.45) is 0 Å². The molecule has 0 aliphatic rings. The van der Waals surface area contributed by atoms with Gasteiger partial charge in [-0.25, -0.2) is 4.98 Å². The number of anilines is 1. The monoisotopic (exact) mass is 456 g/mol. The first-order valence-electron chi connectivity index (χ1n) is 9.90. The Bertz CT molecular complexity index is 1040. The maximum Gasteiger partial charge on any atom is 0.306 e. The van der Waals surface area contributed by atoms with Gasteiger partial charge in [0.2, 0.25) is 0 Å². The Morgan fingerprint density at radius 1 is 1.03 bits per heavy atom. The first kappa shape index (κ1) is 23.1. The fraction of sp³-hybridized carbons (Fsp3) is 0.261. The van der Waals surface area contributed by atoms with Crippen LogP contribution in [-0.4, -0.2) is 44.3 Å². The van der Waals surface area contributed by atoms with Crippen molar-refractivity contribution >= 4 is 28.3 Å². The number of carbonyl (C=O) groups excluding carboxylic acids is 2. The van der Waals surface area contributed by atoms with E-state index < -0.39 is 11.9 Å². The van der Waals surface area contributed by atoms with Crippen LogP contribution >= 0.6 is 11.3 Å². The summed E-state index contributed by atoms with van der Waals surface area (Å²) < 4.78 is 21.2. The Balaban J connectivity index is 1.43. The van der Waals surface area contributed by atoms with Crippen molar-refractivity contribution in [3.63, 3.8) is 0 Å². The number of para-hydroxylation sites is 1. The SMILES string of the molecule is COc1ccc(OC)c(-c2csc(NC(=O)COC(=O)CCCOc3ccccc3)n2)c1. The molecule has 9 heteroatoms. The number of ether oxygens (including phenoxy) is 4. The second-order valence-corrected chi connectivity index (χ2v) is 7.44. The van der Waals surface area contributed by atoms with Crippen LogP contribution in [0.3, 0.4) is 0 Å². The number of amides is 1. The van der Waals surface area contributed by atoms with Crippen LogP contribution in [0, 0.1) is 0 Å². The minimum Gasteiger partial charge on any atom is -0.497 e. The normalized spacial score (nSPS) is 10.3. The van der Waals surface area contributed by atoms with Crippen molar-refractivity contribution in [3.8, 4) is 28.5 Å². The molecule has 1 heterocycles. The molecular weight excluding hydrogens is 432 g/mol. The molecule has 0 radical (unpaired) electrons. The second kappa shape index (κ2) is 11.7. The zero-order chi connectivity index (χ0) is 22.8. The fourth-order valence-electron chi connectivity index (χ4n) is 2.77. The van der Waals surface area contributed by atoms with Crippen molar-refractivity contribution in [2.45, 2.75) is 12.8 Å². The summed E-state index contributed by atoms with van der Waals surface area (Å²) in [6.07, 6.45) is 0.657. The van der Waals surface area contributed by atoms with Gasteiger partial charge in [-0.1, -0.05) is 18.2 Å². The van der Waals surface area contributed by atoms with Crippen molar-refractivity contribution in [3.05, 3.63) is 53.9 Å². The standard InChI is InChI=1S/C23H24N2O6S/c1-28-17-10-11-20(29-2)18(13-17)19-15-32-23(24-19)25-21(26)14-31-22(27)9-6-12-30-16-7-4-3-5-8-16/h3-5,7-8,10-11,13,15H,6,9,12,14H2,1-2H3,(H,24,25,26). The lowest BCUT2D eigenvalue weighted by Gasteiger charge is -2.08. The zero-order valence-corrected chi connectivity index (χ0v) is 18.6. The molecule has 168 valence electrons. The number of nitrogens with zero attached hydrogens (tertiary/aromatic N) is 1. The minimum atomic E-state index is -0.461. The molecule has 1 amide bonds. The topological polar surface area (TPSA) is 96.0 Å². The first-order chi connectivity index (χ1) is 15.6. The smallest absolute Gasteiger partial charge is 0.306 e. The molecule has 3 aromatic rings. The Kier molecular flexibility index (Phi) is 8.44. The Hall–Kier alpha value is -3.59. The van der Waals surface area contributed by atoms with Gasteiger partial charge in [-0.05, 0) is 36.8 Å². The van der Waals surface area contributed by atoms with E-state index >= 15 is 0 Å². The minimum absolute atomic E-state index is 0.164. The highest BCUT2D eigenvalue weighted by Crippen LogP contribution is 2.35. The van der Waals surface area contributed by atoms with Gasteiger partial charge in [0.1, 0.15) is 17.2 Å². The van der Waals surface area contributed by atoms with Gasteiger partial charge in [-0.2, -0.15) is 0 Å². The molecule has 2 aromatic carbocycles. The number of aromatic nitrogens is 1. The Morgan fingerprint density at radius 3 is 2.59 bits per heavy atom. The molecule has 1 N–H and O–H groups in total. The highest BCUT2D eigenvalue weighted by atomic mass is 32.1. The fourth-order valence-corrected chi connectivity index (χ4v) is 3.49. The van der Waals surface area contributed by atoms with E-state index in [1.165, 1.54) is 11.3 Å². The van der Waals surface area contributed by atoms with E-state index in [1.807, 2.05) is 36.4 Å². The van der Waals surface area contributed by atoms with Crippen LogP contribution in [0.1, 0.15) is 12.8 Å². The largest absolute Gasteiger partial charge is 0.497 e. The maximum absolute atomic E-state index is 12.1. The first-order valence-corrected chi connectivity index (χ1v) is 10.8. The van der Waals surface area contributed by atoms with Gasteiger partial charge in [0.15, 0.2) is 11.7 Å². The molecule has 0 saturated carbocycles. The number of benzene rings is 2. The quantitative estimate of drug-likeness (QED) is 0.342. The van der Waals surface area contributed by atoms with Crippen LogP contribution in [0.5, 0.6) is 17.2 Å². The highest BCUT2D eigenvalue weighted by Gasteiger charge is 2.14. The lowest BCUT2D eigenvalue weighted by molar-refractivity contribution is -0.147. The van der Waals surface area contributed by atoms with Gasteiger partial charge in [0.05, 0.1) is 26.5 Å². The van der Waals surface area contributed by atoms with Gasteiger partial charge >= 0.3 is 5.97 Å².